The van der Waals surface area contributed by atoms with Gasteiger partial charge in [0.05, 0.1) is 22.8 Å². The van der Waals surface area contributed by atoms with E-state index in [1.54, 1.807) is 79.0 Å². The zero-order chi connectivity index (χ0) is 32.7. The number of pyridine rings is 2. The van der Waals surface area contributed by atoms with Crippen molar-refractivity contribution in [2.45, 2.75) is 32.0 Å². The Kier molecular flexibility index (Phi) is 9.70. The molecule has 0 aliphatic rings. The second-order valence-electron chi connectivity index (χ2n) is 10.5. The standard InChI is InChI=1S/C35H30F3N5O3/c1-2-7-32(44)40-21-30(29-10-5-6-19-39-29)42-33(45)24-13-17-28-23(20-24)14-18-31(41-28)43-34(46)27-9-4-3-8-26(27)22-11-15-25(16-12-22)35(36,37)38/h3-6,8-20,30H,2,7,21H2,1H3,(H,40,44)(H,42,45)(H,41,43,46)/t30-/m0/s1. The Morgan fingerprint density at radius 2 is 1.61 bits per heavy atom. The van der Waals surface area contributed by atoms with E-state index < -0.39 is 23.7 Å². The van der Waals surface area contributed by atoms with Crippen molar-refractivity contribution in [1.82, 2.24) is 20.6 Å². The first-order valence-corrected chi connectivity index (χ1v) is 14.6. The molecule has 0 spiro atoms. The van der Waals surface area contributed by atoms with Crippen molar-refractivity contribution in [2.75, 3.05) is 11.9 Å². The number of rotatable bonds is 10. The summed E-state index contributed by atoms with van der Waals surface area (Å²) in [5.74, 6) is -0.695. The van der Waals surface area contributed by atoms with Crippen LogP contribution in [0.4, 0.5) is 19.0 Å². The van der Waals surface area contributed by atoms with Crippen molar-refractivity contribution in [1.29, 1.82) is 0 Å². The molecule has 1 atom stereocenters. The zero-order valence-electron chi connectivity index (χ0n) is 24.8. The Labute approximate surface area is 263 Å². The number of hydrogen-bond acceptors (Lipinski definition) is 5. The number of fused-ring (bicyclic) bond motifs is 1. The lowest BCUT2D eigenvalue weighted by Gasteiger charge is -2.19. The third kappa shape index (κ3) is 7.73. The minimum Gasteiger partial charge on any atom is -0.354 e. The van der Waals surface area contributed by atoms with Gasteiger partial charge in [0.1, 0.15) is 5.82 Å². The summed E-state index contributed by atoms with van der Waals surface area (Å²) < 4.78 is 39.1. The molecule has 3 N–H and O–H groups in total. The van der Waals surface area contributed by atoms with Crippen LogP contribution in [0.2, 0.25) is 0 Å². The van der Waals surface area contributed by atoms with Crippen LogP contribution < -0.4 is 16.0 Å². The second-order valence-corrected chi connectivity index (χ2v) is 10.5. The van der Waals surface area contributed by atoms with Crippen LogP contribution in [0.3, 0.4) is 0 Å². The largest absolute Gasteiger partial charge is 0.416 e. The molecule has 234 valence electrons. The van der Waals surface area contributed by atoms with E-state index in [0.29, 0.717) is 46.1 Å². The van der Waals surface area contributed by atoms with Gasteiger partial charge in [0.25, 0.3) is 11.8 Å². The summed E-state index contributed by atoms with van der Waals surface area (Å²) in [4.78, 5) is 47.4. The van der Waals surface area contributed by atoms with Crippen molar-refractivity contribution in [3.63, 3.8) is 0 Å². The number of nitrogens with one attached hydrogen (secondary N) is 3. The smallest absolute Gasteiger partial charge is 0.354 e. The molecule has 11 heteroatoms. The van der Waals surface area contributed by atoms with E-state index in [1.165, 1.54) is 12.1 Å². The van der Waals surface area contributed by atoms with Gasteiger partial charge in [0, 0.05) is 35.7 Å². The lowest BCUT2D eigenvalue weighted by Crippen LogP contribution is -2.38. The normalized spacial score (nSPS) is 11.9. The van der Waals surface area contributed by atoms with Crippen LogP contribution in [0.15, 0.2) is 103 Å². The van der Waals surface area contributed by atoms with E-state index in [-0.39, 0.29) is 29.7 Å². The van der Waals surface area contributed by atoms with Crippen LogP contribution in [-0.2, 0) is 11.0 Å². The molecule has 0 radical (unpaired) electrons. The van der Waals surface area contributed by atoms with Gasteiger partial charge in [0.15, 0.2) is 0 Å². The van der Waals surface area contributed by atoms with Gasteiger partial charge in [0.2, 0.25) is 5.91 Å². The molecule has 0 aliphatic heterocycles. The number of halogens is 3. The Morgan fingerprint density at radius 1 is 0.848 bits per heavy atom. The second kappa shape index (κ2) is 14.0. The van der Waals surface area contributed by atoms with E-state index in [4.69, 9.17) is 0 Å². The molecule has 5 rings (SSSR count). The van der Waals surface area contributed by atoms with Crippen LogP contribution in [-0.4, -0.2) is 34.2 Å². The molecule has 0 aliphatic carbocycles. The number of amides is 3. The molecule has 0 unspecified atom stereocenters. The summed E-state index contributed by atoms with van der Waals surface area (Å²) in [5.41, 5.74) is 1.93. The minimum absolute atomic E-state index is 0.111. The molecule has 0 bridgehead atoms. The molecular weight excluding hydrogens is 595 g/mol. The summed E-state index contributed by atoms with van der Waals surface area (Å²) in [6, 6.07) is 24.3. The SMILES string of the molecule is CCCC(=O)NC[C@H](NC(=O)c1ccc2nc(NC(=O)c3ccccc3-c3ccc(C(F)(F)F)cc3)ccc2c1)c1ccccn1. The number of nitrogens with zero attached hydrogens (tertiary/aromatic N) is 2. The highest BCUT2D eigenvalue weighted by Crippen LogP contribution is 2.32. The summed E-state index contributed by atoms with van der Waals surface area (Å²) in [7, 11) is 0. The summed E-state index contributed by atoms with van der Waals surface area (Å²) in [6.07, 6.45) is -1.75. The average Bonchev–Trinajstić information content (AvgIpc) is 3.06. The molecule has 2 aromatic heterocycles. The van der Waals surface area contributed by atoms with Crippen molar-refractivity contribution < 1.29 is 27.6 Å². The molecule has 5 aromatic rings. The highest BCUT2D eigenvalue weighted by molar-refractivity contribution is 6.08. The fourth-order valence-electron chi connectivity index (χ4n) is 4.88. The Morgan fingerprint density at radius 3 is 2.33 bits per heavy atom. The lowest BCUT2D eigenvalue weighted by molar-refractivity contribution is -0.137. The van der Waals surface area contributed by atoms with E-state index in [1.807, 2.05) is 6.92 Å². The van der Waals surface area contributed by atoms with Gasteiger partial charge >= 0.3 is 6.18 Å². The first-order valence-electron chi connectivity index (χ1n) is 14.6. The van der Waals surface area contributed by atoms with Crippen LogP contribution >= 0.6 is 0 Å². The Hall–Kier alpha value is -5.58. The monoisotopic (exact) mass is 625 g/mol. The maximum atomic E-state index is 13.2. The van der Waals surface area contributed by atoms with E-state index >= 15 is 0 Å². The van der Waals surface area contributed by atoms with Gasteiger partial charge in [-0.2, -0.15) is 13.2 Å². The van der Waals surface area contributed by atoms with Crippen molar-refractivity contribution in [3.05, 3.63) is 126 Å². The minimum atomic E-state index is -4.46. The lowest BCUT2D eigenvalue weighted by atomic mass is 9.98. The topological polar surface area (TPSA) is 113 Å². The molecule has 0 saturated heterocycles. The van der Waals surface area contributed by atoms with Gasteiger partial charge < -0.3 is 16.0 Å². The van der Waals surface area contributed by atoms with Crippen LogP contribution in [0.25, 0.3) is 22.0 Å². The van der Waals surface area contributed by atoms with E-state index in [9.17, 15) is 27.6 Å². The predicted octanol–water partition coefficient (Wildman–Crippen LogP) is 6.96. The molecular formula is C35H30F3N5O3. The highest BCUT2D eigenvalue weighted by Gasteiger charge is 2.30. The molecule has 3 amide bonds. The Balaban J connectivity index is 1.31. The summed E-state index contributed by atoms with van der Waals surface area (Å²) in [5, 5.41) is 9.20. The first kappa shape index (κ1) is 31.8. The number of alkyl halides is 3. The van der Waals surface area contributed by atoms with Gasteiger partial charge in [-0.25, -0.2) is 4.98 Å². The highest BCUT2D eigenvalue weighted by atomic mass is 19.4. The first-order chi connectivity index (χ1) is 22.1. The fraction of sp³-hybridized carbons (Fsp3) is 0.171. The average molecular weight is 626 g/mol. The van der Waals surface area contributed by atoms with Gasteiger partial charge in [-0.05, 0) is 78.2 Å². The number of anilines is 1. The number of carbonyl (C=O) groups is 3. The van der Waals surface area contributed by atoms with Crippen molar-refractivity contribution >= 4 is 34.4 Å². The molecule has 0 fully saturated rings. The van der Waals surface area contributed by atoms with Crippen molar-refractivity contribution in [2.24, 2.45) is 0 Å². The molecule has 0 saturated carbocycles. The molecule has 2 heterocycles. The predicted molar refractivity (Wildman–Crippen MR) is 169 cm³/mol. The molecule has 46 heavy (non-hydrogen) atoms. The third-order valence-electron chi connectivity index (χ3n) is 7.22. The van der Waals surface area contributed by atoms with Gasteiger partial charge in [-0.3, -0.25) is 19.4 Å². The fourth-order valence-corrected chi connectivity index (χ4v) is 4.88. The van der Waals surface area contributed by atoms with Crippen LogP contribution in [0.1, 0.15) is 57.8 Å². The number of hydrogen-bond donors (Lipinski definition) is 3. The quantitative estimate of drug-likeness (QED) is 0.155. The summed E-state index contributed by atoms with van der Waals surface area (Å²) in [6.45, 7) is 2.09. The molecule has 3 aromatic carbocycles. The van der Waals surface area contributed by atoms with Gasteiger partial charge in [-0.1, -0.05) is 43.3 Å². The number of carbonyl (C=O) groups excluding carboxylic acids is 3. The third-order valence-corrected chi connectivity index (χ3v) is 7.22. The molecule has 8 nitrogen and oxygen atoms in total. The number of benzene rings is 3. The van der Waals surface area contributed by atoms with E-state index in [0.717, 1.165) is 12.1 Å². The van der Waals surface area contributed by atoms with Crippen LogP contribution in [0, 0.1) is 0 Å². The zero-order valence-corrected chi connectivity index (χ0v) is 24.8. The number of aromatic nitrogens is 2. The van der Waals surface area contributed by atoms with Crippen LogP contribution in [0.5, 0.6) is 0 Å². The Bertz CT molecular complexity index is 1860. The maximum Gasteiger partial charge on any atom is 0.416 e. The maximum absolute atomic E-state index is 13.2. The van der Waals surface area contributed by atoms with E-state index in [2.05, 4.69) is 25.9 Å². The van der Waals surface area contributed by atoms with Gasteiger partial charge in [-0.15, -0.1) is 0 Å². The van der Waals surface area contributed by atoms with Crippen molar-refractivity contribution in [3.8, 4) is 11.1 Å². The summed E-state index contributed by atoms with van der Waals surface area (Å²) >= 11 is 0.